The van der Waals surface area contributed by atoms with E-state index in [2.05, 4.69) is 29.1 Å². The second-order valence-electron chi connectivity index (χ2n) is 5.40. The monoisotopic (exact) mass is 281 g/mol. The van der Waals surface area contributed by atoms with Gasteiger partial charge in [0.2, 0.25) is 11.8 Å². The van der Waals surface area contributed by atoms with Gasteiger partial charge in [0, 0.05) is 20.1 Å². The van der Waals surface area contributed by atoms with Gasteiger partial charge in [0.1, 0.15) is 5.69 Å². The molecule has 0 saturated heterocycles. The Labute approximate surface area is 119 Å². The van der Waals surface area contributed by atoms with E-state index in [4.69, 9.17) is 0 Å². The molecular formula is C13H23N5O2. The van der Waals surface area contributed by atoms with Crippen molar-refractivity contribution in [3.8, 4) is 0 Å². The fraction of sp³-hybridized carbons (Fsp3) is 0.692. The quantitative estimate of drug-likeness (QED) is 0.637. The third kappa shape index (κ3) is 3.55. The zero-order valence-electron chi connectivity index (χ0n) is 13.0. The van der Waals surface area contributed by atoms with Crippen molar-refractivity contribution in [2.45, 2.75) is 40.2 Å². The van der Waals surface area contributed by atoms with Gasteiger partial charge in [-0.3, -0.25) is 10.1 Å². The molecule has 0 saturated carbocycles. The molecule has 1 atom stereocenters. The van der Waals surface area contributed by atoms with E-state index in [9.17, 15) is 10.1 Å². The van der Waals surface area contributed by atoms with E-state index in [1.54, 1.807) is 14.0 Å². The van der Waals surface area contributed by atoms with Crippen molar-refractivity contribution in [1.82, 2.24) is 9.97 Å². The first-order valence-corrected chi connectivity index (χ1v) is 6.71. The molecule has 0 bridgehead atoms. The Morgan fingerprint density at radius 2 is 1.95 bits per heavy atom. The Balaban J connectivity index is 3.26. The van der Waals surface area contributed by atoms with Gasteiger partial charge in [-0.1, -0.05) is 13.8 Å². The van der Waals surface area contributed by atoms with Crippen LogP contribution in [0.4, 0.5) is 17.5 Å². The zero-order chi connectivity index (χ0) is 15.4. The van der Waals surface area contributed by atoms with Crippen molar-refractivity contribution in [3.05, 3.63) is 15.8 Å². The molecular weight excluding hydrogens is 258 g/mol. The molecule has 112 valence electrons. The number of aromatic nitrogens is 2. The van der Waals surface area contributed by atoms with Crippen molar-refractivity contribution in [1.29, 1.82) is 0 Å². The van der Waals surface area contributed by atoms with Crippen LogP contribution < -0.4 is 10.2 Å². The number of aryl methyl sites for hydroxylation is 1. The molecule has 1 rings (SSSR count). The minimum absolute atomic E-state index is 0.0258. The van der Waals surface area contributed by atoms with Gasteiger partial charge >= 0.3 is 5.69 Å². The second-order valence-corrected chi connectivity index (χ2v) is 5.40. The lowest BCUT2D eigenvalue weighted by atomic mass is 10.0. The van der Waals surface area contributed by atoms with Crippen LogP contribution in [0.1, 0.15) is 32.9 Å². The van der Waals surface area contributed by atoms with Crippen LogP contribution in [0.25, 0.3) is 0 Å². The number of anilines is 2. The molecule has 0 radical (unpaired) electrons. The molecule has 0 amide bonds. The Morgan fingerprint density at radius 3 is 2.40 bits per heavy atom. The Kier molecular flexibility index (Phi) is 5.24. The SMILES string of the molecule is CNc1nc(C)c([N+](=O)[O-])c(N(C)C(C)CC(C)C)n1. The van der Waals surface area contributed by atoms with Gasteiger partial charge in [-0.15, -0.1) is 0 Å². The van der Waals surface area contributed by atoms with Gasteiger partial charge in [-0.2, -0.15) is 4.98 Å². The number of nitro groups is 1. The third-order valence-corrected chi connectivity index (χ3v) is 3.25. The molecule has 0 spiro atoms. The number of nitrogens with zero attached hydrogens (tertiary/aromatic N) is 4. The largest absolute Gasteiger partial charge is 0.357 e. The maximum Gasteiger partial charge on any atom is 0.332 e. The summed E-state index contributed by atoms with van der Waals surface area (Å²) in [4.78, 5) is 21.1. The smallest absolute Gasteiger partial charge is 0.332 e. The molecule has 1 N–H and O–H groups in total. The Hall–Kier alpha value is -1.92. The van der Waals surface area contributed by atoms with E-state index in [1.807, 2.05) is 18.9 Å². The van der Waals surface area contributed by atoms with Gasteiger partial charge in [0.05, 0.1) is 4.92 Å². The first-order chi connectivity index (χ1) is 9.27. The first kappa shape index (κ1) is 16.1. The summed E-state index contributed by atoms with van der Waals surface area (Å²) in [5.74, 6) is 1.27. The predicted molar refractivity (Wildman–Crippen MR) is 80.3 cm³/mol. The fourth-order valence-electron chi connectivity index (χ4n) is 2.17. The molecule has 20 heavy (non-hydrogen) atoms. The molecule has 7 nitrogen and oxygen atoms in total. The van der Waals surface area contributed by atoms with Crippen molar-refractivity contribution in [2.75, 3.05) is 24.3 Å². The molecule has 0 aliphatic carbocycles. The zero-order valence-corrected chi connectivity index (χ0v) is 13.0. The van der Waals surface area contributed by atoms with Crippen LogP contribution in [-0.4, -0.2) is 35.0 Å². The van der Waals surface area contributed by atoms with Crippen LogP contribution in [-0.2, 0) is 0 Å². The topological polar surface area (TPSA) is 84.2 Å². The van der Waals surface area contributed by atoms with Gasteiger partial charge in [-0.25, -0.2) is 4.98 Å². The van der Waals surface area contributed by atoms with Crippen LogP contribution in [0, 0.1) is 23.0 Å². The third-order valence-electron chi connectivity index (χ3n) is 3.25. The summed E-state index contributed by atoms with van der Waals surface area (Å²) in [5, 5.41) is 14.1. The minimum atomic E-state index is -0.414. The van der Waals surface area contributed by atoms with Crippen LogP contribution in [0.5, 0.6) is 0 Å². The van der Waals surface area contributed by atoms with E-state index in [0.717, 1.165) is 6.42 Å². The second kappa shape index (κ2) is 6.49. The molecule has 1 heterocycles. The van der Waals surface area contributed by atoms with Gasteiger partial charge < -0.3 is 10.2 Å². The number of hydrogen-bond acceptors (Lipinski definition) is 6. The highest BCUT2D eigenvalue weighted by molar-refractivity contribution is 5.62. The molecule has 0 aromatic carbocycles. The molecule has 0 aliphatic rings. The van der Waals surface area contributed by atoms with Crippen LogP contribution >= 0.6 is 0 Å². The maximum absolute atomic E-state index is 11.3. The lowest BCUT2D eigenvalue weighted by Gasteiger charge is -2.27. The molecule has 1 aromatic heterocycles. The van der Waals surface area contributed by atoms with Gasteiger partial charge in [0.25, 0.3) is 0 Å². The highest BCUT2D eigenvalue weighted by atomic mass is 16.6. The van der Waals surface area contributed by atoms with Crippen LogP contribution in [0.2, 0.25) is 0 Å². The van der Waals surface area contributed by atoms with Gasteiger partial charge in [-0.05, 0) is 26.2 Å². The van der Waals surface area contributed by atoms with Crippen LogP contribution in [0.15, 0.2) is 0 Å². The lowest BCUT2D eigenvalue weighted by Crippen LogP contribution is -2.32. The number of hydrogen-bond donors (Lipinski definition) is 1. The first-order valence-electron chi connectivity index (χ1n) is 6.71. The Bertz CT molecular complexity index is 490. The van der Waals surface area contributed by atoms with Crippen molar-refractivity contribution >= 4 is 17.5 Å². The Morgan fingerprint density at radius 1 is 1.35 bits per heavy atom. The maximum atomic E-state index is 11.3. The molecule has 0 aliphatic heterocycles. The summed E-state index contributed by atoms with van der Waals surface area (Å²) < 4.78 is 0. The minimum Gasteiger partial charge on any atom is -0.357 e. The average molecular weight is 281 g/mol. The highest BCUT2D eigenvalue weighted by Gasteiger charge is 2.27. The standard InChI is InChI=1S/C13H23N5O2/c1-8(2)7-9(3)17(6)12-11(18(19)20)10(4)15-13(14-5)16-12/h8-9H,7H2,1-6H3,(H,14,15,16). The summed E-state index contributed by atoms with van der Waals surface area (Å²) >= 11 is 0. The number of rotatable bonds is 6. The molecule has 7 heteroatoms. The van der Waals surface area contributed by atoms with Crippen LogP contribution in [0.3, 0.4) is 0 Å². The fourth-order valence-corrected chi connectivity index (χ4v) is 2.17. The van der Waals surface area contributed by atoms with Crippen molar-refractivity contribution in [2.24, 2.45) is 5.92 Å². The summed E-state index contributed by atoms with van der Waals surface area (Å²) in [6.07, 6.45) is 0.936. The van der Waals surface area contributed by atoms with E-state index in [0.29, 0.717) is 23.4 Å². The van der Waals surface area contributed by atoms with E-state index in [-0.39, 0.29) is 11.7 Å². The average Bonchev–Trinajstić information content (AvgIpc) is 2.35. The summed E-state index contributed by atoms with van der Waals surface area (Å²) in [6.45, 7) is 7.93. The highest BCUT2D eigenvalue weighted by Crippen LogP contribution is 2.31. The normalized spacial score (nSPS) is 12.3. The molecule has 0 fully saturated rings. The predicted octanol–water partition coefficient (Wildman–Crippen LogP) is 2.61. The lowest BCUT2D eigenvalue weighted by molar-refractivity contribution is -0.385. The van der Waals surface area contributed by atoms with Gasteiger partial charge in [0.15, 0.2) is 0 Å². The molecule has 1 aromatic rings. The van der Waals surface area contributed by atoms with Crippen molar-refractivity contribution < 1.29 is 4.92 Å². The summed E-state index contributed by atoms with van der Waals surface area (Å²) in [7, 11) is 3.53. The summed E-state index contributed by atoms with van der Waals surface area (Å²) in [6, 6.07) is 0.160. The van der Waals surface area contributed by atoms with E-state index < -0.39 is 4.92 Å². The van der Waals surface area contributed by atoms with E-state index in [1.165, 1.54) is 0 Å². The number of nitrogens with one attached hydrogen (secondary N) is 1. The van der Waals surface area contributed by atoms with E-state index >= 15 is 0 Å². The van der Waals surface area contributed by atoms with Crippen molar-refractivity contribution in [3.63, 3.8) is 0 Å². The molecule has 1 unspecified atom stereocenters. The summed E-state index contributed by atoms with van der Waals surface area (Å²) in [5.41, 5.74) is 0.343.